The van der Waals surface area contributed by atoms with Crippen molar-refractivity contribution in [2.45, 2.75) is 77.6 Å². The van der Waals surface area contributed by atoms with Crippen molar-refractivity contribution in [1.82, 2.24) is 0 Å². The molecule has 0 atom stereocenters. The highest BCUT2D eigenvalue weighted by molar-refractivity contribution is 5.57. The first-order valence-corrected chi connectivity index (χ1v) is 12.8. The second kappa shape index (κ2) is 15.0. The van der Waals surface area contributed by atoms with Crippen LogP contribution in [0.2, 0.25) is 0 Å². The quantitative estimate of drug-likeness (QED) is 0.150. The zero-order valence-corrected chi connectivity index (χ0v) is 21.3. The van der Waals surface area contributed by atoms with Gasteiger partial charge in [0.15, 0.2) is 0 Å². The van der Waals surface area contributed by atoms with Crippen LogP contribution in [0.5, 0.6) is 0 Å². The van der Waals surface area contributed by atoms with Gasteiger partial charge in [-0.2, -0.15) is 0 Å². The Hall–Kier alpha value is -3.00. The van der Waals surface area contributed by atoms with Crippen LogP contribution in [0.15, 0.2) is 85.0 Å². The maximum atomic E-state index is 6.04. The lowest BCUT2D eigenvalue weighted by Gasteiger charge is -2.07. The van der Waals surface area contributed by atoms with Gasteiger partial charge >= 0.3 is 0 Å². The summed E-state index contributed by atoms with van der Waals surface area (Å²) in [6.07, 6.45) is 17.3. The predicted molar refractivity (Wildman–Crippen MR) is 153 cm³/mol. The van der Waals surface area contributed by atoms with Gasteiger partial charge in [0.2, 0.25) is 0 Å². The van der Waals surface area contributed by atoms with Crippen molar-refractivity contribution in [3.05, 3.63) is 102 Å². The van der Waals surface area contributed by atoms with Crippen molar-refractivity contribution in [1.29, 1.82) is 0 Å². The lowest BCUT2D eigenvalue weighted by molar-refractivity contribution is 0.594. The molecule has 0 unspecified atom stereocenters. The van der Waals surface area contributed by atoms with E-state index in [1.807, 2.05) is 25.1 Å². The molecule has 182 valence electrons. The number of rotatable bonds is 16. The van der Waals surface area contributed by atoms with Gasteiger partial charge in [-0.1, -0.05) is 105 Å². The minimum absolute atomic E-state index is 0.715. The van der Waals surface area contributed by atoms with Gasteiger partial charge in [0.1, 0.15) is 0 Å². The van der Waals surface area contributed by atoms with Crippen LogP contribution in [0.25, 0.3) is 6.08 Å². The van der Waals surface area contributed by atoms with Crippen molar-refractivity contribution in [2.24, 2.45) is 0 Å². The van der Waals surface area contributed by atoms with Crippen molar-refractivity contribution in [3.8, 4) is 0 Å². The van der Waals surface area contributed by atoms with Crippen molar-refractivity contribution >= 4 is 17.5 Å². The highest BCUT2D eigenvalue weighted by atomic mass is 14.6. The van der Waals surface area contributed by atoms with Crippen LogP contribution >= 0.6 is 0 Å². The first-order valence-electron chi connectivity index (χ1n) is 12.8. The van der Waals surface area contributed by atoms with Crippen LogP contribution in [-0.4, -0.2) is 0 Å². The average molecular weight is 457 g/mol. The van der Waals surface area contributed by atoms with Gasteiger partial charge in [0.25, 0.3) is 0 Å². The summed E-state index contributed by atoms with van der Waals surface area (Å²) in [5, 5.41) is 0. The van der Waals surface area contributed by atoms with Crippen LogP contribution in [0.1, 0.15) is 81.4 Å². The number of nitrogen functional groups attached to an aromatic ring is 2. The van der Waals surface area contributed by atoms with Gasteiger partial charge in [-0.15, -0.1) is 0 Å². The van der Waals surface area contributed by atoms with Gasteiger partial charge in [0, 0.05) is 11.4 Å². The number of nitrogens with two attached hydrogens (primary N) is 2. The molecule has 2 heteroatoms. The molecule has 0 aromatic heterocycles. The van der Waals surface area contributed by atoms with Crippen molar-refractivity contribution < 1.29 is 0 Å². The summed E-state index contributed by atoms with van der Waals surface area (Å²) in [7, 11) is 0. The smallest absolute Gasteiger partial charge is 0.0367 e. The van der Waals surface area contributed by atoms with E-state index in [4.69, 9.17) is 11.5 Å². The van der Waals surface area contributed by atoms with E-state index in [2.05, 4.69) is 56.2 Å². The zero-order chi connectivity index (χ0) is 24.8. The second-order valence-corrected chi connectivity index (χ2v) is 9.55. The second-order valence-electron chi connectivity index (χ2n) is 9.55. The van der Waals surface area contributed by atoms with E-state index < -0.39 is 0 Å². The third-order valence-electron chi connectivity index (χ3n) is 6.40. The van der Waals surface area contributed by atoms with E-state index in [-0.39, 0.29) is 0 Å². The Morgan fingerprint density at radius 3 is 2.12 bits per heavy atom. The summed E-state index contributed by atoms with van der Waals surface area (Å²) in [5.41, 5.74) is 20.6. The molecule has 0 amide bonds. The zero-order valence-electron chi connectivity index (χ0n) is 21.3. The fourth-order valence-corrected chi connectivity index (χ4v) is 4.03. The van der Waals surface area contributed by atoms with Gasteiger partial charge in [-0.05, 0) is 80.7 Å². The molecule has 0 fully saturated rings. The van der Waals surface area contributed by atoms with E-state index in [0.29, 0.717) is 5.69 Å². The molecular weight excluding hydrogens is 412 g/mol. The number of aryl methyl sites for hydroxylation is 2. The maximum absolute atomic E-state index is 6.04. The normalized spacial score (nSPS) is 11.1. The Bertz CT molecular complexity index is 963. The summed E-state index contributed by atoms with van der Waals surface area (Å²) >= 11 is 0. The summed E-state index contributed by atoms with van der Waals surface area (Å²) in [6, 6.07) is 14.7. The minimum Gasteiger partial charge on any atom is -0.399 e. The van der Waals surface area contributed by atoms with E-state index in [1.54, 1.807) is 0 Å². The molecule has 2 nitrogen and oxygen atoms in total. The fourth-order valence-electron chi connectivity index (χ4n) is 4.03. The Morgan fingerprint density at radius 1 is 0.765 bits per heavy atom. The molecule has 0 bridgehead atoms. The standard InChI is InChI=1S/C32H44N2/c1-25(2)27(4)13-9-7-5-6-8-10-14-28-18-20-29(21-19-28)17-16-26(3)12-11-15-30-22-23-31(33)24-32(30)34/h16-24H,1,3-15,33-34H2,2H3/b17-16+. The van der Waals surface area contributed by atoms with Crippen LogP contribution in [0.3, 0.4) is 0 Å². The molecule has 0 aliphatic rings. The lowest BCUT2D eigenvalue weighted by Crippen LogP contribution is -1.96. The van der Waals surface area contributed by atoms with Gasteiger partial charge < -0.3 is 11.5 Å². The van der Waals surface area contributed by atoms with Gasteiger partial charge in [-0.3, -0.25) is 0 Å². The maximum Gasteiger partial charge on any atom is 0.0367 e. The lowest BCUT2D eigenvalue weighted by atomic mass is 10.0. The molecule has 34 heavy (non-hydrogen) atoms. The number of unbranched alkanes of at least 4 members (excludes halogenated alkanes) is 5. The number of anilines is 2. The van der Waals surface area contributed by atoms with Gasteiger partial charge in [0.05, 0.1) is 0 Å². The largest absolute Gasteiger partial charge is 0.399 e. The molecule has 0 saturated carbocycles. The molecule has 4 N–H and O–H groups in total. The van der Waals surface area contributed by atoms with Crippen molar-refractivity contribution in [3.63, 3.8) is 0 Å². The van der Waals surface area contributed by atoms with Crippen molar-refractivity contribution in [2.75, 3.05) is 11.5 Å². The van der Waals surface area contributed by atoms with E-state index in [0.717, 1.165) is 54.5 Å². The fraction of sp³-hybridized carbons (Fsp3) is 0.375. The van der Waals surface area contributed by atoms with E-state index in [1.165, 1.54) is 55.2 Å². The third-order valence-corrected chi connectivity index (χ3v) is 6.40. The molecule has 0 aliphatic heterocycles. The number of hydrogen-bond donors (Lipinski definition) is 2. The Kier molecular flexibility index (Phi) is 12.0. The first kappa shape index (κ1) is 27.2. The SMILES string of the molecule is C=C(/C=C/c1ccc(CCCCCCCCC(=C)C(=C)C)cc1)CCCc1ccc(N)cc1N. The molecule has 2 aromatic rings. The molecule has 2 aromatic carbocycles. The topological polar surface area (TPSA) is 52.0 Å². The Balaban J connectivity index is 1.59. The molecule has 0 saturated heterocycles. The molecule has 0 radical (unpaired) electrons. The molecule has 0 aliphatic carbocycles. The molecule has 0 heterocycles. The van der Waals surface area contributed by atoms with E-state index in [9.17, 15) is 0 Å². The molecule has 2 rings (SSSR count). The minimum atomic E-state index is 0.715. The third kappa shape index (κ3) is 10.7. The Morgan fingerprint density at radius 2 is 1.44 bits per heavy atom. The van der Waals surface area contributed by atoms with Gasteiger partial charge in [-0.25, -0.2) is 0 Å². The number of allylic oxidation sites excluding steroid dienone is 4. The first-order chi connectivity index (χ1) is 16.3. The highest BCUT2D eigenvalue weighted by Gasteiger charge is 2.01. The summed E-state index contributed by atoms with van der Waals surface area (Å²) in [5.74, 6) is 0. The molecular formula is C32H44N2. The van der Waals surface area contributed by atoms with Crippen LogP contribution in [0, 0.1) is 0 Å². The monoisotopic (exact) mass is 456 g/mol. The molecule has 0 spiro atoms. The van der Waals surface area contributed by atoms with Crippen LogP contribution in [0.4, 0.5) is 11.4 Å². The van der Waals surface area contributed by atoms with E-state index >= 15 is 0 Å². The number of hydrogen-bond acceptors (Lipinski definition) is 2. The summed E-state index contributed by atoms with van der Waals surface area (Å²) in [6.45, 7) is 14.3. The average Bonchev–Trinajstić information content (AvgIpc) is 2.81. The number of benzene rings is 2. The summed E-state index contributed by atoms with van der Waals surface area (Å²) in [4.78, 5) is 0. The van der Waals surface area contributed by atoms with Crippen LogP contribution in [-0.2, 0) is 12.8 Å². The Labute approximate surface area is 208 Å². The van der Waals surface area contributed by atoms with Crippen LogP contribution < -0.4 is 11.5 Å². The summed E-state index contributed by atoms with van der Waals surface area (Å²) < 4.78 is 0. The highest BCUT2D eigenvalue weighted by Crippen LogP contribution is 2.20. The predicted octanol–water partition coefficient (Wildman–Crippen LogP) is 8.85.